The topological polar surface area (TPSA) is 68.8 Å². The third kappa shape index (κ3) is 2.57. The van der Waals surface area contributed by atoms with Crippen molar-refractivity contribution in [2.75, 3.05) is 0 Å². The van der Waals surface area contributed by atoms with Crippen LogP contribution in [0.4, 0.5) is 0 Å². The summed E-state index contributed by atoms with van der Waals surface area (Å²) in [5.41, 5.74) is 3.76. The lowest BCUT2D eigenvalue weighted by molar-refractivity contribution is 0.203. The summed E-state index contributed by atoms with van der Waals surface area (Å²) in [6.45, 7) is 2.46. The molecule has 1 unspecified atom stereocenters. The molecule has 0 amide bonds. The first kappa shape index (κ1) is 14.6. The second-order valence-corrected chi connectivity index (χ2v) is 5.79. The summed E-state index contributed by atoms with van der Waals surface area (Å²) in [5, 5.41) is 19.0. The molecule has 0 fully saturated rings. The highest BCUT2D eigenvalue weighted by atomic mass is 16.3. The van der Waals surface area contributed by atoms with Crippen LogP contribution in [0.1, 0.15) is 23.1 Å². The van der Waals surface area contributed by atoms with Gasteiger partial charge in [0.05, 0.1) is 5.52 Å². The van der Waals surface area contributed by atoms with Crippen LogP contribution < -0.4 is 0 Å². The van der Waals surface area contributed by atoms with Gasteiger partial charge in [-0.25, -0.2) is 9.67 Å². The molecule has 120 valence electrons. The van der Waals surface area contributed by atoms with Gasteiger partial charge in [0.15, 0.2) is 0 Å². The predicted molar refractivity (Wildman–Crippen MR) is 90.4 cm³/mol. The van der Waals surface area contributed by atoms with Gasteiger partial charge in [-0.1, -0.05) is 47.2 Å². The van der Waals surface area contributed by atoms with E-state index in [1.807, 2.05) is 66.2 Å². The quantitative estimate of drug-likeness (QED) is 0.627. The van der Waals surface area contributed by atoms with Crippen LogP contribution >= 0.6 is 0 Å². The number of aryl methyl sites for hydroxylation is 1. The molecule has 24 heavy (non-hydrogen) atoms. The Labute approximate surface area is 139 Å². The number of rotatable bonds is 4. The zero-order valence-corrected chi connectivity index (χ0v) is 13.2. The van der Waals surface area contributed by atoms with Gasteiger partial charge in [-0.2, -0.15) is 0 Å². The molecule has 1 N–H and O–H groups in total. The lowest BCUT2D eigenvalue weighted by atomic mass is 10.1. The van der Waals surface area contributed by atoms with Gasteiger partial charge in [-0.3, -0.25) is 0 Å². The van der Waals surface area contributed by atoms with Crippen LogP contribution in [0, 0.1) is 6.92 Å². The highest BCUT2D eigenvalue weighted by molar-refractivity contribution is 5.73. The molecular weight excluding hydrogens is 302 g/mol. The molecule has 4 rings (SSSR count). The Balaban J connectivity index is 1.66. The smallest absolute Gasteiger partial charge is 0.143 e. The van der Waals surface area contributed by atoms with Crippen LogP contribution in [0.5, 0.6) is 0 Å². The predicted octanol–water partition coefficient (Wildman–Crippen LogP) is 2.52. The Kier molecular flexibility index (Phi) is 3.59. The number of aliphatic hydroxyl groups is 1. The van der Waals surface area contributed by atoms with Crippen LogP contribution in [0.15, 0.2) is 60.9 Å². The summed E-state index contributed by atoms with van der Waals surface area (Å²) in [5.74, 6) is 0.582. The molecule has 2 aromatic heterocycles. The van der Waals surface area contributed by atoms with Crippen molar-refractivity contribution in [3.8, 4) is 0 Å². The second-order valence-electron chi connectivity index (χ2n) is 5.79. The number of aromatic nitrogens is 5. The Morgan fingerprint density at radius 1 is 1.08 bits per heavy atom. The normalized spacial score (nSPS) is 12.6. The molecule has 6 heteroatoms. The van der Waals surface area contributed by atoms with Crippen molar-refractivity contribution < 1.29 is 5.11 Å². The highest BCUT2D eigenvalue weighted by Gasteiger charge is 2.17. The van der Waals surface area contributed by atoms with E-state index < -0.39 is 6.10 Å². The molecule has 0 aliphatic rings. The number of hydrogen-bond acceptors (Lipinski definition) is 4. The number of para-hydroxylation sites is 1. The molecule has 0 saturated carbocycles. The number of nitrogens with zero attached hydrogens (tertiary/aromatic N) is 5. The van der Waals surface area contributed by atoms with E-state index in [2.05, 4.69) is 15.3 Å². The van der Waals surface area contributed by atoms with E-state index in [1.54, 1.807) is 10.9 Å². The minimum Gasteiger partial charge on any atom is -0.380 e. The Bertz CT molecular complexity index is 970. The summed E-state index contributed by atoms with van der Waals surface area (Å²) < 4.78 is 3.67. The summed E-state index contributed by atoms with van der Waals surface area (Å²) in [6, 6.07) is 15.6. The summed E-state index contributed by atoms with van der Waals surface area (Å²) in [4.78, 5) is 4.33. The molecule has 1 atom stereocenters. The zero-order chi connectivity index (χ0) is 16.5. The molecule has 0 spiro atoms. The summed E-state index contributed by atoms with van der Waals surface area (Å²) >= 11 is 0. The average molecular weight is 319 g/mol. The number of imidazole rings is 1. The second kappa shape index (κ2) is 5.90. The van der Waals surface area contributed by atoms with Gasteiger partial charge >= 0.3 is 0 Å². The minimum absolute atomic E-state index is 0.443. The van der Waals surface area contributed by atoms with Crippen molar-refractivity contribution in [1.29, 1.82) is 0 Å². The van der Waals surface area contributed by atoms with E-state index in [9.17, 15) is 5.11 Å². The number of hydrogen-bond donors (Lipinski definition) is 1. The SMILES string of the molecule is Cc1ccc(C(O)c2nccn2Cn2nnc3ccccc32)cc1. The van der Waals surface area contributed by atoms with Crippen molar-refractivity contribution in [2.24, 2.45) is 0 Å². The van der Waals surface area contributed by atoms with Gasteiger partial charge in [0.2, 0.25) is 0 Å². The van der Waals surface area contributed by atoms with E-state index in [0.717, 1.165) is 22.2 Å². The molecule has 0 radical (unpaired) electrons. The maximum Gasteiger partial charge on any atom is 0.143 e. The van der Waals surface area contributed by atoms with E-state index in [1.165, 1.54) is 0 Å². The van der Waals surface area contributed by atoms with Crippen LogP contribution in [-0.2, 0) is 6.67 Å². The molecule has 0 saturated heterocycles. The van der Waals surface area contributed by atoms with Crippen molar-refractivity contribution in [2.45, 2.75) is 19.7 Å². The average Bonchev–Trinajstić information content (AvgIpc) is 3.23. The fourth-order valence-corrected chi connectivity index (χ4v) is 2.75. The monoisotopic (exact) mass is 319 g/mol. The number of fused-ring (bicyclic) bond motifs is 1. The van der Waals surface area contributed by atoms with Gasteiger partial charge in [0.1, 0.15) is 24.1 Å². The Morgan fingerprint density at radius 2 is 1.88 bits per heavy atom. The molecule has 0 bridgehead atoms. The summed E-state index contributed by atoms with van der Waals surface area (Å²) in [6.07, 6.45) is 2.74. The van der Waals surface area contributed by atoms with Crippen molar-refractivity contribution in [1.82, 2.24) is 24.5 Å². The Hall–Kier alpha value is -2.99. The van der Waals surface area contributed by atoms with Crippen LogP contribution in [-0.4, -0.2) is 29.7 Å². The van der Waals surface area contributed by atoms with Crippen molar-refractivity contribution >= 4 is 11.0 Å². The largest absolute Gasteiger partial charge is 0.380 e. The summed E-state index contributed by atoms with van der Waals surface area (Å²) in [7, 11) is 0. The molecule has 0 aliphatic carbocycles. The Morgan fingerprint density at radius 3 is 2.71 bits per heavy atom. The lowest BCUT2D eigenvalue weighted by Gasteiger charge is -2.14. The first-order chi connectivity index (χ1) is 11.7. The van der Waals surface area contributed by atoms with Crippen LogP contribution in [0.25, 0.3) is 11.0 Å². The van der Waals surface area contributed by atoms with E-state index >= 15 is 0 Å². The molecule has 2 heterocycles. The van der Waals surface area contributed by atoms with E-state index in [4.69, 9.17) is 0 Å². The van der Waals surface area contributed by atoms with E-state index in [0.29, 0.717) is 12.5 Å². The fraction of sp³-hybridized carbons (Fsp3) is 0.167. The zero-order valence-electron chi connectivity index (χ0n) is 13.2. The lowest BCUT2D eigenvalue weighted by Crippen LogP contribution is -2.15. The minimum atomic E-state index is -0.782. The molecular formula is C18H17N5O. The van der Waals surface area contributed by atoms with Crippen LogP contribution in [0.3, 0.4) is 0 Å². The van der Waals surface area contributed by atoms with Crippen molar-refractivity contribution in [3.63, 3.8) is 0 Å². The maximum absolute atomic E-state index is 10.7. The standard InChI is InChI=1S/C18H17N5O/c1-13-6-8-14(9-7-13)17(24)18-19-10-11-22(18)12-23-16-5-3-2-4-15(16)20-21-23/h2-11,17,24H,12H2,1H3. The number of aliphatic hydroxyl groups excluding tert-OH is 1. The highest BCUT2D eigenvalue weighted by Crippen LogP contribution is 2.21. The fourth-order valence-electron chi connectivity index (χ4n) is 2.75. The molecule has 2 aromatic carbocycles. The third-order valence-corrected chi connectivity index (χ3v) is 4.09. The molecule has 6 nitrogen and oxygen atoms in total. The molecule has 4 aromatic rings. The first-order valence-corrected chi connectivity index (χ1v) is 7.76. The number of benzene rings is 2. The van der Waals surface area contributed by atoms with Crippen molar-refractivity contribution in [3.05, 3.63) is 77.9 Å². The first-order valence-electron chi connectivity index (χ1n) is 7.76. The van der Waals surface area contributed by atoms with Gasteiger partial charge < -0.3 is 9.67 Å². The van der Waals surface area contributed by atoms with E-state index in [-0.39, 0.29) is 0 Å². The van der Waals surface area contributed by atoms with Crippen LogP contribution in [0.2, 0.25) is 0 Å². The van der Waals surface area contributed by atoms with Gasteiger partial charge in [-0.15, -0.1) is 5.10 Å². The van der Waals surface area contributed by atoms with Gasteiger partial charge in [0.25, 0.3) is 0 Å². The van der Waals surface area contributed by atoms with Gasteiger partial charge in [-0.05, 0) is 24.6 Å². The van der Waals surface area contributed by atoms with Gasteiger partial charge in [0, 0.05) is 12.4 Å². The maximum atomic E-state index is 10.7. The molecule has 0 aliphatic heterocycles. The third-order valence-electron chi connectivity index (χ3n) is 4.09.